The molecule has 2 aromatic heterocycles. The van der Waals surface area contributed by atoms with Crippen LogP contribution in [0, 0.1) is 17.5 Å². The number of hydrogen-bond acceptors (Lipinski definition) is 6. The molecule has 1 amide bonds. The number of nitrogens with zero attached hydrogens (tertiary/aromatic N) is 3. The van der Waals surface area contributed by atoms with E-state index in [0.717, 1.165) is 18.2 Å². The van der Waals surface area contributed by atoms with Crippen molar-refractivity contribution in [1.82, 2.24) is 14.8 Å². The summed E-state index contributed by atoms with van der Waals surface area (Å²) in [6.07, 6.45) is 3.12. The topological polar surface area (TPSA) is 103 Å². The first-order valence-corrected chi connectivity index (χ1v) is 13.0. The van der Waals surface area contributed by atoms with E-state index in [1.54, 1.807) is 39.1 Å². The lowest BCUT2D eigenvalue weighted by Gasteiger charge is -2.16. The van der Waals surface area contributed by atoms with Crippen LogP contribution in [-0.2, 0) is 21.1 Å². The van der Waals surface area contributed by atoms with Gasteiger partial charge in [-0.25, -0.2) is 26.4 Å². The third-order valence-corrected chi connectivity index (χ3v) is 7.28. The van der Waals surface area contributed by atoms with Crippen LogP contribution in [0.5, 0.6) is 0 Å². The number of nitrogens with one attached hydrogen (secondary N) is 1. The Morgan fingerprint density at radius 1 is 1.05 bits per heavy atom. The Bertz CT molecular complexity index is 1610. The third kappa shape index (κ3) is 5.25. The zero-order valence-electron chi connectivity index (χ0n) is 20.6. The second kappa shape index (κ2) is 10.7. The van der Waals surface area contributed by atoms with Crippen molar-refractivity contribution < 1.29 is 31.1 Å². The Kier molecular flexibility index (Phi) is 7.53. The second-order valence-corrected chi connectivity index (χ2v) is 10.3. The van der Waals surface area contributed by atoms with Crippen molar-refractivity contribution in [3.63, 3.8) is 0 Å². The van der Waals surface area contributed by atoms with E-state index in [0.29, 0.717) is 29.8 Å². The normalized spacial score (nSPS) is 11.6. The van der Waals surface area contributed by atoms with Crippen LogP contribution in [0.15, 0.2) is 70.8 Å². The molecule has 12 heteroatoms. The smallest absolute Gasteiger partial charge is 0.411 e. The number of halogens is 3. The first-order valence-electron chi connectivity index (χ1n) is 11.5. The Hall–Kier alpha value is -4.19. The molecule has 1 N–H and O–H groups in total. The fourth-order valence-corrected chi connectivity index (χ4v) is 5.30. The van der Waals surface area contributed by atoms with Crippen LogP contribution in [0.2, 0.25) is 0 Å². The predicted octanol–water partition coefficient (Wildman–Crippen LogP) is 5.84. The van der Waals surface area contributed by atoms with Crippen molar-refractivity contribution in [3.05, 3.63) is 78.5 Å². The molecule has 0 atom stereocenters. The minimum Gasteiger partial charge on any atom is -0.447 e. The largest absolute Gasteiger partial charge is 0.447 e. The summed E-state index contributed by atoms with van der Waals surface area (Å²) in [6.45, 7) is 5.34. The second-order valence-electron chi connectivity index (χ2n) is 8.44. The number of aryl methyl sites for hydroxylation is 1. The fraction of sp³-hybridized carbons (Fsp3) is 0.192. The summed E-state index contributed by atoms with van der Waals surface area (Å²) >= 11 is 0. The van der Waals surface area contributed by atoms with E-state index in [1.165, 1.54) is 17.1 Å². The number of carbonyl (C=O) groups excluding carboxylic acids is 1. The molecule has 0 spiro atoms. The van der Waals surface area contributed by atoms with E-state index >= 15 is 4.39 Å². The number of anilines is 1. The van der Waals surface area contributed by atoms with Gasteiger partial charge in [0, 0.05) is 30.7 Å². The van der Waals surface area contributed by atoms with Gasteiger partial charge in [0.25, 0.3) is 0 Å². The SMILES string of the molecule is CCn1cc(-c2ccncc2)c(-c2c(S(=O)(=O)c3cc(F)ccc3F)ccc(NC(=O)OC(C)C)c2F)n1. The molecule has 0 fully saturated rings. The lowest BCUT2D eigenvalue weighted by Crippen LogP contribution is -2.19. The van der Waals surface area contributed by atoms with Gasteiger partial charge < -0.3 is 4.74 Å². The van der Waals surface area contributed by atoms with Gasteiger partial charge in [-0.1, -0.05) is 0 Å². The summed E-state index contributed by atoms with van der Waals surface area (Å²) < 4.78 is 78.5. The van der Waals surface area contributed by atoms with Crippen molar-refractivity contribution in [2.75, 3.05) is 5.32 Å². The lowest BCUT2D eigenvalue weighted by atomic mass is 10.0. The maximum absolute atomic E-state index is 16.2. The van der Waals surface area contributed by atoms with Crippen molar-refractivity contribution in [2.45, 2.75) is 43.2 Å². The molecule has 8 nitrogen and oxygen atoms in total. The van der Waals surface area contributed by atoms with Crippen LogP contribution in [0.1, 0.15) is 20.8 Å². The lowest BCUT2D eigenvalue weighted by molar-refractivity contribution is 0.130. The first kappa shape index (κ1) is 26.9. The van der Waals surface area contributed by atoms with E-state index in [1.807, 2.05) is 0 Å². The van der Waals surface area contributed by atoms with Crippen molar-refractivity contribution in [2.24, 2.45) is 0 Å². The molecule has 0 aliphatic heterocycles. The molecule has 0 unspecified atom stereocenters. The summed E-state index contributed by atoms with van der Waals surface area (Å²) in [5, 5.41) is 6.65. The third-order valence-electron chi connectivity index (χ3n) is 5.47. The van der Waals surface area contributed by atoms with Crippen LogP contribution >= 0.6 is 0 Å². The molecule has 2 aromatic carbocycles. The van der Waals surface area contributed by atoms with E-state index in [2.05, 4.69) is 15.4 Å². The molecule has 0 saturated heterocycles. The van der Waals surface area contributed by atoms with E-state index in [4.69, 9.17) is 4.74 Å². The van der Waals surface area contributed by atoms with Gasteiger partial charge in [-0.05, 0) is 68.8 Å². The molecule has 2 heterocycles. The Morgan fingerprint density at radius 2 is 1.76 bits per heavy atom. The Morgan fingerprint density at radius 3 is 2.42 bits per heavy atom. The van der Waals surface area contributed by atoms with Crippen molar-refractivity contribution in [1.29, 1.82) is 0 Å². The number of amides is 1. The number of pyridine rings is 1. The molecular formula is C26H23F3N4O4S. The zero-order valence-corrected chi connectivity index (χ0v) is 21.4. The number of hydrogen-bond donors (Lipinski definition) is 1. The molecule has 4 rings (SSSR count). The monoisotopic (exact) mass is 544 g/mol. The molecule has 0 aliphatic carbocycles. The molecule has 0 aliphatic rings. The van der Waals surface area contributed by atoms with Gasteiger partial charge in [-0.2, -0.15) is 5.10 Å². The van der Waals surface area contributed by atoms with E-state index < -0.39 is 60.5 Å². The average Bonchev–Trinajstić information content (AvgIpc) is 3.30. The maximum Gasteiger partial charge on any atom is 0.411 e. The zero-order chi connectivity index (χ0) is 27.6. The maximum atomic E-state index is 16.2. The number of aromatic nitrogens is 3. The highest BCUT2D eigenvalue weighted by Gasteiger charge is 2.32. The molecule has 0 bridgehead atoms. The number of ether oxygens (including phenoxy) is 1. The van der Waals surface area contributed by atoms with E-state index in [-0.39, 0.29) is 5.69 Å². The van der Waals surface area contributed by atoms with Gasteiger partial charge in [0.1, 0.15) is 22.2 Å². The number of rotatable bonds is 7. The highest BCUT2D eigenvalue weighted by molar-refractivity contribution is 7.91. The Balaban J connectivity index is 2.02. The molecule has 0 radical (unpaired) electrons. The summed E-state index contributed by atoms with van der Waals surface area (Å²) in [5.74, 6) is -3.36. The summed E-state index contributed by atoms with van der Waals surface area (Å²) in [5.41, 5.74) is -0.115. The van der Waals surface area contributed by atoms with Crippen LogP contribution in [0.3, 0.4) is 0 Å². The van der Waals surface area contributed by atoms with Gasteiger partial charge >= 0.3 is 6.09 Å². The fourth-order valence-electron chi connectivity index (χ4n) is 3.77. The van der Waals surface area contributed by atoms with Gasteiger partial charge in [0.2, 0.25) is 9.84 Å². The molecule has 0 saturated carbocycles. The average molecular weight is 545 g/mol. The van der Waals surface area contributed by atoms with Crippen LogP contribution in [0.4, 0.5) is 23.7 Å². The van der Waals surface area contributed by atoms with E-state index in [9.17, 15) is 22.0 Å². The minimum absolute atomic E-state index is 0.0909. The quantitative estimate of drug-likeness (QED) is 0.314. The van der Waals surface area contributed by atoms with Crippen LogP contribution < -0.4 is 5.32 Å². The van der Waals surface area contributed by atoms with Crippen LogP contribution in [-0.4, -0.2) is 35.4 Å². The Labute approximate surface area is 217 Å². The molecule has 38 heavy (non-hydrogen) atoms. The highest BCUT2D eigenvalue weighted by atomic mass is 32.2. The molecule has 198 valence electrons. The predicted molar refractivity (Wildman–Crippen MR) is 134 cm³/mol. The highest BCUT2D eigenvalue weighted by Crippen LogP contribution is 2.41. The standard InChI is InChI=1S/C26H23F3N4O4S/c1-4-33-14-18(16-9-11-30-12-10-16)25(32-33)23-21(38(35,36)22-13-17(27)5-6-19(22)28)8-7-20(24(23)29)31-26(34)37-15(2)3/h5-15H,4H2,1-3H3,(H,31,34). The summed E-state index contributed by atoms with van der Waals surface area (Å²) in [4.78, 5) is 14.5. The van der Waals surface area contributed by atoms with Crippen molar-refractivity contribution in [3.8, 4) is 22.4 Å². The summed E-state index contributed by atoms with van der Waals surface area (Å²) in [6, 6.07) is 7.23. The van der Waals surface area contributed by atoms with Crippen LogP contribution in [0.25, 0.3) is 22.4 Å². The minimum atomic E-state index is -4.81. The molecule has 4 aromatic rings. The van der Waals surface area contributed by atoms with Gasteiger partial charge in [-0.15, -0.1) is 0 Å². The number of sulfone groups is 1. The first-order chi connectivity index (χ1) is 18.0. The molecular weight excluding hydrogens is 521 g/mol. The van der Waals surface area contributed by atoms with Crippen molar-refractivity contribution >= 4 is 21.6 Å². The number of carbonyl (C=O) groups is 1. The summed E-state index contributed by atoms with van der Waals surface area (Å²) in [7, 11) is -4.81. The number of benzene rings is 2. The van der Waals surface area contributed by atoms with Gasteiger partial charge in [0.15, 0.2) is 5.82 Å². The van der Waals surface area contributed by atoms with Gasteiger partial charge in [0.05, 0.1) is 22.3 Å². The van der Waals surface area contributed by atoms with Gasteiger partial charge in [-0.3, -0.25) is 15.0 Å².